The van der Waals surface area contributed by atoms with Gasteiger partial charge in [0.1, 0.15) is 22.8 Å². The molecule has 2 aromatic heterocycles. The van der Waals surface area contributed by atoms with Crippen LogP contribution >= 0.6 is 0 Å². The highest BCUT2D eigenvalue weighted by molar-refractivity contribution is 5.93. The molecule has 3 aromatic rings. The van der Waals surface area contributed by atoms with Gasteiger partial charge in [-0.25, -0.2) is 4.98 Å². The van der Waals surface area contributed by atoms with Crippen molar-refractivity contribution in [2.75, 3.05) is 27.3 Å². The second kappa shape index (κ2) is 6.95. The number of methoxy groups -OCH3 is 2. The molecule has 0 radical (unpaired) electrons. The van der Waals surface area contributed by atoms with E-state index in [4.69, 9.17) is 9.47 Å². The van der Waals surface area contributed by atoms with E-state index in [9.17, 15) is 4.79 Å². The summed E-state index contributed by atoms with van der Waals surface area (Å²) in [5.41, 5.74) is 3.48. The van der Waals surface area contributed by atoms with Crippen LogP contribution in [0.2, 0.25) is 0 Å². The van der Waals surface area contributed by atoms with Crippen LogP contribution in [-0.2, 0) is 0 Å². The Bertz CT molecular complexity index is 996. The maximum absolute atomic E-state index is 13.0. The van der Waals surface area contributed by atoms with Crippen molar-refractivity contribution in [2.24, 2.45) is 0 Å². The number of fused-ring (bicyclic) bond motifs is 1. The Morgan fingerprint density at radius 1 is 1.15 bits per heavy atom. The van der Waals surface area contributed by atoms with Gasteiger partial charge in [0.15, 0.2) is 0 Å². The van der Waals surface area contributed by atoms with Gasteiger partial charge in [0.25, 0.3) is 5.91 Å². The molecule has 6 nitrogen and oxygen atoms in total. The minimum absolute atomic E-state index is 0.0271. The lowest BCUT2D eigenvalue weighted by Gasteiger charge is -2.17. The summed E-state index contributed by atoms with van der Waals surface area (Å²) in [5.74, 6) is 1.82. The topological polar surface area (TPSA) is 56.1 Å². The molecule has 0 saturated carbocycles. The van der Waals surface area contributed by atoms with Crippen molar-refractivity contribution in [2.45, 2.75) is 19.3 Å². The first-order valence-electron chi connectivity index (χ1n) is 9.05. The average Bonchev–Trinajstić information content (AvgIpc) is 3.33. The minimum atomic E-state index is -0.0271. The summed E-state index contributed by atoms with van der Waals surface area (Å²) in [6.45, 7) is 3.37. The Balaban J connectivity index is 1.56. The largest absolute Gasteiger partial charge is 0.497 e. The van der Waals surface area contributed by atoms with Gasteiger partial charge in [0, 0.05) is 37.0 Å². The number of benzene rings is 1. The smallest absolute Gasteiger partial charge is 0.274 e. The highest BCUT2D eigenvalue weighted by Gasteiger charge is 2.31. The molecular formula is C21H23N3O3. The molecule has 1 amide bonds. The number of aromatic nitrogens is 2. The number of likely N-dealkylation sites (tertiary alicyclic amines) is 1. The van der Waals surface area contributed by atoms with Crippen molar-refractivity contribution in [3.05, 3.63) is 59.5 Å². The lowest BCUT2D eigenvalue weighted by molar-refractivity contribution is 0.0785. The SMILES string of the molecule is COc1ccc(OC)c([C@H]2CCN(C(=O)c3cn4cc(C)ccc4n3)C2)c1. The van der Waals surface area contributed by atoms with Crippen molar-refractivity contribution in [1.82, 2.24) is 14.3 Å². The van der Waals surface area contributed by atoms with Crippen LogP contribution in [0.3, 0.4) is 0 Å². The molecule has 1 atom stereocenters. The van der Waals surface area contributed by atoms with E-state index in [0.717, 1.165) is 34.7 Å². The van der Waals surface area contributed by atoms with Crippen LogP contribution in [0.25, 0.3) is 5.65 Å². The van der Waals surface area contributed by atoms with E-state index < -0.39 is 0 Å². The normalized spacial score (nSPS) is 16.7. The van der Waals surface area contributed by atoms with Gasteiger partial charge >= 0.3 is 0 Å². The van der Waals surface area contributed by atoms with Crippen molar-refractivity contribution < 1.29 is 14.3 Å². The Morgan fingerprint density at radius 3 is 2.78 bits per heavy atom. The first-order chi connectivity index (χ1) is 13.1. The van der Waals surface area contributed by atoms with Crippen molar-refractivity contribution in [1.29, 1.82) is 0 Å². The Labute approximate surface area is 158 Å². The summed E-state index contributed by atoms with van der Waals surface area (Å²) in [5, 5.41) is 0. The lowest BCUT2D eigenvalue weighted by Crippen LogP contribution is -2.28. The van der Waals surface area contributed by atoms with Gasteiger partial charge in [0.05, 0.1) is 14.2 Å². The molecule has 3 heterocycles. The number of nitrogens with zero attached hydrogens (tertiary/aromatic N) is 3. The number of carbonyl (C=O) groups excluding carboxylic acids is 1. The van der Waals surface area contributed by atoms with E-state index in [2.05, 4.69) is 4.98 Å². The van der Waals surface area contributed by atoms with Crippen LogP contribution in [0.5, 0.6) is 11.5 Å². The maximum atomic E-state index is 13.0. The van der Waals surface area contributed by atoms with Gasteiger partial charge in [-0.2, -0.15) is 0 Å². The van der Waals surface area contributed by atoms with Crippen LogP contribution in [-0.4, -0.2) is 47.5 Å². The number of aryl methyl sites for hydroxylation is 1. The molecule has 1 aliphatic heterocycles. The molecule has 0 aliphatic carbocycles. The molecule has 0 bridgehead atoms. The van der Waals surface area contributed by atoms with E-state index in [0.29, 0.717) is 18.8 Å². The molecule has 0 unspecified atom stereocenters. The predicted octanol–water partition coefficient (Wildman–Crippen LogP) is 3.29. The molecule has 4 rings (SSSR count). The quantitative estimate of drug-likeness (QED) is 0.712. The Hall–Kier alpha value is -3.02. The van der Waals surface area contributed by atoms with Crippen LogP contribution in [0.4, 0.5) is 0 Å². The Morgan fingerprint density at radius 2 is 2.00 bits per heavy atom. The predicted molar refractivity (Wildman–Crippen MR) is 103 cm³/mol. The molecule has 140 valence electrons. The summed E-state index contributed by atoms with van der Waals surface area (Å²) in [4.78, 5) is 19.3. The van der Waals surface area contributed by atoms with E-state index in [-0.39, 0.29) is 11.8 Å². The van der Waals surface area contributed by atoms with E-state index >= 15 is 0 Å². The molecule has 1 saturated heterocycles. The minimum Gasteiger partial charge on any atom is -0.497 e. The standard InChI is InChI=1S/C21H23N3O3/c1-14-4-7-20-22-18(13-24(20)11-14)21(25)23-9-8-15(12-23)17-10-16(26-2)5-6-19(17)27-3/h4-7,10-11,13,15H,8-9,12H2,1-3H3/t15-/m0/s1. The maximum Gasteiger partial charge on any atom is 0.274 e. The molecule has 27 heavy (non-hydrogen) atoms. The third kappa shape index (κ3) is 3.23. The molecule has 0 spiro atoms. The number of amides is 1. The fraction of sp³-hybridized carbons (Fsp3) is 0.333. The number of ether oxygens (including phenoxy) is 2. The first-order valence-corrected chi connectivity index (χ1v) is 9.05. The first kappa shape index (κ1) is 17.4. The lowest BCUT2D eigenvalue weighted by atomic mass is 9.97. The zero-order valence-electron chi connectivity index (χ0n) is 15.8. The zero-order chi connectivity index (χ0) is 19.0. The van der Waals surface area contributed by atoms with Gasteiger partial charge < -0.3 is 18.8 Å². The third-order valence-electron chi connectivity index (χ3n) is 5.17. The monoisotopic (exact) mass is 365 g/mol. The van der Waals surface area contributed by atoms with Crippen molar-refractivity contribution >= 4 is 11.6 Å². The molecule has 1 fully saturated rings. The fourth-order valence-electron chi connectivity index (χ4n) is 3.73. The summed E-state index contributed by atoms with van der Waals surface area (Å²) in [6, 6.07) is 9.74. The number of hydrogen-bond acceptors (Lipinski definition) is 4. The second-order valence-electron chi connectivity index (χ2n) is 6.94. The number of hydrogen-bond donors (Lipinski definition) is 0. The number of rotatable bonds is 4. The highest BCUT2D eigenvalue weighted by Crippen LogP contribution is 2.36. The summed E-state index contributed by atoms with van der Waals surface area (Å²) < 4.78 is 12.8. The second-order valence-corrected chi connectivity index (χ2v) is 6.94. The van der Waals surface area contributed by atoms with E-state index in [1.54, 1.807) is 14.2 Å². The molecule has 1 aromatic carbocycles. The van der Waals surface area contributed by atoms with Gasteiger partial charge in [0.2, 0.25) is 0 Å². The van der Waals surface area contributed by atoms with Crippen LogP contribution in [0.15, 0.2) is 42.7 Å². The van der Waals surface area contributed by atoms with Gasteiger partial charge in [-0.3, -0.25) is 4.79 Å². The molecule has 1 aliphatic rings. The van der Waals surface area contributed by atoms with E-state index in [1.165, 1.54) is 0 Å². The van der Waals surface area contributed by atoms with Gasteiger partial charge in [-0.1, -0.05) is 6.07 Å². The zero-order valence-corrected chi connectivity index (χ0v) is 15.8. The molecule has 0 N–H and O–H groups in total. The van der Waals surface area contributed by atoms with E-state index in [1.807, 2.05) is 58.9 Å². The van der Waals surface area contributed by atoms with Crippen LogP contribution in [0.1, 0.15) is 34.0 Å². The summed E-state index contributed by atoms with van der Waals surface area (Å²) in [7, 11) is 3.32. The highest BCUT2D eigenvalue weighted by atomic mass is 16.5. The van der Waals surface area contributed by atoms with Gasteiger partial charge in [-0.15, -0.1) is 0 Å². The number of imidazole rings is 1. The number of carbonyl (C=O) groups is 1. The summed E-state index contributed by atoms with van der Waals surface area (Å²) >= 11 is 0. The van der Waals surface area contributed by atoms with Crippen LogP contribution in [0, 0.1) is 6.92 Å². The molecule has 6 heteroatoms. The van der Waals surface area contributed by atoms with Crippen LogP contribution < -0.4 is 9.47 Å². The van der Waals surface area contributed by atoms with Gasteiger partial charge in [-0.05, 0) is 43.2 Å². The molecular weight excluding hydrogens is 342 g/mol. The fourth-order valence-corrected chi connectivity index (χ4v) is 3.73. The van der Waals surface area contributed by atoms with Crippen molar-refractivity contribution in [3.8, 4) is 11.5 Å². The average molecular weight is 365 g/mol. The third-order valence-corrected chi connectivity index (χ3v) is 5.17. The van der Waals surface area contributed by atoms with Crippen molar-refractivity contribution in [3.63, 3.8) is 0 Å². The number of pyridine rings is 1. The summed E-state index contributed by atoms with van der Waals surface area (Å²) in [6.07, 6.45) is 4.68. The Kier molecular flexibility index (Phi) is 4.48.